The van der Waals surface area contributed by atoms with Crippen LogP contribution in [0.2, 0.25) is 0 Å². The van der Waals surface area contributed by atoms with Gasteiger partial charge < -0.3 is 9.47 Å². The van der Waals surface area contributed by atoms with Gasteiger partial charge in [0.25, 0.3) is 0 Å². The van der Waals surface area contributed by atoms with Crippen LogP contribution in [-0.2, 0) is 28.9 Å². The van der Waals surface area contributed by atoms with Crippen molar-refractivity contribution in [3.05, 3.63) is 35.9 Å². The van der Waals surface area contributed by atoms with E-state index < -0.39 is 32.8 Å². The highest BCUT2D eigenvalue weighted by Crippen LogP contribution is 2.25. The SMILES string of the molecule is CCOC(=O)C(c1ccccc1)S(=O)(=O)CCC(=O)OC. The lowest BCUT2D eigenvalue weighted by atomic mass is 10.1. The van der Waals surface area contributed by atoms with E-state index in [0.717, 1.165) is 0 Å². The van der Waals surface area contributed by atoms with Gasteiger partial charge in [-0.05, 0) is 12.5 Å². The van der Waals surface area contributed by atoms with Crippen LogP contribution in [-0.4, -0.2) is 39.8 Å². The average Bonchev–Trinajstić information content (AvgIpc) is 2.46. The van der Waals surface area contributed by atoms with Crippen LogP contribution in [0, 0.1) is 0 Å². The molecule has 0 aliphatic rings. The third-order valence-electron chi connectivity index (χ3n) is 2.78. The summed E-state index contributed by atoms with van der Waals surface area (Å²) < 4.78 is 34.0. The Labute approximate surface area is 124 Å². The smallest absolute Gasteiger partial charge is 0.328 e. The van der Waals surface area contributed by atoms with Crippen molar-refractivity contribution in [1.82, 2.24) is 0 Å². The lowest BCUT2D eigenvalue weighted by Gasteiger charge is -2.16. The number of esters is 2. The maximum atomic E-state index is 12.4. The Morgan fingerprint density at radius 3 is 2.33 bits per heavy atom. The van der Waals surface area contributed by atoms with E-state index in [1.807, 2.05) is 0 Å². The molecule has 0 spiro atoms. The largest absolute Gasteiger partial charge is 0.469 e. The molecule has 0 saturated carbocycles. The molecule has 0 fully saturated rings. The highest BCUT2D eigenvalue weighted by atomic mass is 32.2. The Bertz CT molecular complexity index is 579. The molecule has 1 rings (SSSR count). The van der Waals surface area contributed by atoms with E-state index in [2.05, 4.69) is 4.74 Å². The highest BCUT2D eigenvalue weighted by molar-refractivity contribution is 7.92. The molecule has 7 heteroatoms. The molecule has 0 heterocycles. The summed E-state index contributed by atoms with van der Waals surface area (Å²) in [7, 11) is -2.70. The fourth-order valence-corrected chi connectivity index (χ4v) is 3.40. The molecule has 6 nitrogen and oxygen atoms in total. The minimum atomic E-state index is -3.88. The molecule has 0 N–H and O–H groups in total. The fraction of sp³-hybridized carbons (Fsp3) is 0.429. The van der Waals surface area contributed by atoms with E-state index >= 15 is 0 Å². The number of hydrogen-bond acceptors (Lipinski definition) is 6. The summed E-state index contributed by atoms with van der Waals surface area (Å²) in [5, 5.41) is -1.43. The van der Waals surface area contributed by atoms with Crippen LogP contribution in [0.3, 0.4) is 0 Å². The summed E-state index contributed by atoms with van der Waals surface area (Å²) in [6.07, 6.45) is -0.304. The van der Waals surface area contributed by atoms with Gasteiger partial charge in [0, 0.05) is 0 Å². The minimum Gasteiger partial charge on any atom is -0.469 e. The van der Waals surface area contributed by atoms with Crippen molar-refractivity contribution in [1.29, 1.82) is 0 Å². The first-order valence-corrected chi connectivity index (χ1v) is 8.14. The maximum Gasteiger partial charge on any atom is 0.328 e. The number of carbonyl (C=O) groups is 2. The summed E-state index contributed by atoms with van der Waals surface area (Å²) in [5.41, 5.74) is 0.320. The van der Waals surface area contributed by atoms with Crippen molar-refractivity contribution in [2.45, 2.75) is 18.6 Å². The van der Waals surface area contributed by atoms with E-state index in [1.165, 1.54) is 19.2 Å². The van der Waals surface area contributed by atoms with Crippen molar-refractivity contribution >= 4 is 21.8 Å². The maximum absolute atomic E-state index is 12.4. The number of rotatable bonds is 7. The van der Waals surface area contributed by atoms with Gasteiger partial charge in [0.05, 0.1) is 25.9 Å². The number of ether oxygens (including phenoxy) is 2. The van der Waals surface area contributed by atoms with Crippen LogP contribution >= 0.6 is 0 Å². The Kier molecular flexibility index (Phi) is 6.36. The summed E-state index contributed by atoms with van der Waals surface area (Å²) in [4.78, 5) is 23.1. The van der Waals surface area contributed by atoms with E-state index in [0.29, 0.717) is 5.56 Å². The Balaban J connectivity index is 3.06. The molecule has 0 aliphatic heterocycles. The molecule has 0 radical (unpaired) electrons. The van der Waals surface area contributed by atoms with Gasteiger partial charge in [-0.3, -0.25) is 9.59 Å². The Morgan fingerprint density at radius 1 is 1.19 bits per heavy atom. The van der Waals surface area contributed by atoms with Crippen molar-refractivity contribution in [3.63, 3.8) is 0 Å². The Morgan fingerprint density at radius 2 is 1.81 bits per heavy atom. The van der Waals surface area contributed by atoms with Crippen molar-refractivity contribution in [3.8, 4) is 0 Å². The second-order valence-corrected chi connectivity index (χ2v) is 6.44. The molecular weight excluding hydrogens is 296 g/mol. The van der Waals surface area contributed by atoms with Gasteiger partial charge >= 0.3 is 11.9 Å². The summed E-state index contributed by atoms with van der Waals surface area (Å²) in [5.74, 6) is -1.96. The fourth-order valence-electron chi connectivity index (χ4n) is 1.78. The zero-order valence-corrected chi connectivity index (χ0v) is 12.8. The van der Waals surface area contributed by atoms with Gasteiger partial charge in [0.2, 0.25) is 0 Å². The zero-order chi connectivity index (χ0) is 15.9. The van der Waals surface area contributed by atoms with Gasteiger partial charge in [-0.2, -0.15) is 0 Å². The van der Waals surface area contributed by atoms with Gasteiger partial charge in [-0.1, -0.05) is 30.3 Å². The van der Waals surface area contributed by atoms with E-state index in [9.17, 15) is 18.0 Å². The summed E-state index contributed by atoms with van der Waals surface area (Å²) >= 11 is 0. The zero-order valence-electron chi connectivity index (χ0n) is 11.9. The minimum absolute atomic E-state index is 0.0781. The normalized spacial score (nSPS) is 12.5. The van der Waals surface area contributed by atoms with Crippen LogP contribution in [0.1, 0.15) is 24.2 Å². The number of hydrogen-bond donors (Lipinski definition) is 0. The second-order valence-electron chi connectivity index (χ2n) is 4.24. The average molecular weight is 314 g/mol. The third kappa shape index (κ3) is 4.86. The van der Waals surface area contributed by atoms with Crippen LogP contribution in [0.25, 0.3) is 0 Å². The van der Waals surface area contributed by atoms with Crippen LogP contribution < -0.4 is 0 Å². The number of benzene rings is 1. The molecule has 1 atom stereocenters. The predicted molar refractivity (Wildman–Crippen MR) is 76.2 cm³/mol. The van der Waals surface area contributed by atoms with Gasteiger partial charge in [0.1, 0.15) is 0 Å². The molecular formula is C14H18O6S. The van der Waals surface area contributed by atoms with Gasteiger partial charge in [0.15, 0.2) is 15.1 Å². The van der Waals surface area contributed by atoms with Crippen LogP contribution in [0.4, 0.5) is 0 Å². The van der Waals surface area contributed by atoms with Crippen LogP contribution in [0.5, 0.6) is 0 Å². The summed E-state index contributed by atoms with van der Waals surface area (Å²) in [6.45, 7) is 1.68. The predicted octanol–water partition coefficient (Wildman–Crippen LogP) is 1.27. The first-order valence-electron chi connectivity index (χ1n) is 6.42. The monoisotopic (exact) mass is 314 g/mol. The first-order chi connectivity index (χ1) is 9.92. The molecule has 116 valence electrons. The van der Waals surface area contributed by atoms with Crippen LogP contribution in [0.15, 0.2) is 30.3 Å². The lowest BCUT2D eigenvalue weighted by molar-refractivity contribution is -0.143. The van der Waals surface area contributed by atoms with Gasteiger partial charge in [-0.25, -0.2) is 8.42 Å². The molecule has 0 amide bonds. The molecule has 0 saturated heterocycles. The van der Waals surface area contributed by atoms with Gasteiger partial charge in [-0.15, -0.1) is 0 Å². The number of carbonyl (C=O) groups excluding carboxylic acids is 2. The lowest BCUT2D eigenvalue weighted by Crippen LogP contribution is -2.27. The van der Waals surface area contributed by atoms with Crippen molar-refractivity contribution in [2.24, 2.45) is 0 Å². The molecule has 1 unspecified atom stereocenters. The molecule has 21 heavy (non-hydrogen) atoms. The standard InChI is InChI=1S/C14H18O6S/c1-3-20-14(16)13(11-7-5-4-6-8-11)21(17,18)10-9-12(15)19-2/h4-8,13H,3,9-10H2,1-2H3. The van der Waals surface area contributed by atoms with Crippen molar-refractivity contribution < 1.29 is 27.5 Å². The van der Waals surface area contributed by atoms with E-state index in [1.54, 1.807) is 25.1 Å². The molecule has 0 aliphatic carbocycles. The second kappa shape index (κ2) is 7.78. The summed E-state index contributed by atoms with van der Waals surface area (Å²) in [6, 6.07) is 8.07. The van der Waals surface area contributed by atoms with Crippen molar-refractivity contribution in [2.75, 3.05) is 19.5 Å². The van der Waals surface area contributed by atoms with E-state index in [-0.39, 0.29) is 13.0 Å². The molecule has 1 aromatic carbocycles. The molecule has 0 aromatic heterocycles. The molecule has 1 aromatic rings. The quantitative estimate of drug-likeness (QED) is 0.704. The Hall–Kier alpha value is -1.89. The van der Waals surface area contributed by atoms with E-state index in [4.69, 9.17) is 4.74 Å². The highest BCUT2D eigenvalue weighted by Gasteiger charge is 2.35. The molecule has 0 bridgehead atoms. The third-order valence-corrected chi connectivity index (χ3v) is 4.74. The first kappa shape index (κ1) is 17.2. The number of methoxy groups -OCH3 is 1. The topological polar surface area (TPSA) is 86.7 Å². The number of sulfone groups is 1.